The summed E-state index contributed by atoms with van der Waals surface area (Å²) in [5.74, 6) is 0. The Morgan fingerprint density at radius 1 is 0.720 bits per heavy atom. The molecule has 0 unspecified atom stereocenters. The zero-order chi connectivity index (χ0) is 17.5. The van der Waals surface area contributed by atoms with Crippen LogP contribution in [0.4, 0.5) is 5.69 Å². The summed E-state index contributed by atoms with van der Waals surface area (Å²) in [6.45, 7) is 0.246. The van der Waals surface area contributed by atoms with Crippen LogP contribution in [0.3, 0.4) is 0 Å². The minimum absolute atomic E-state index is 0.179. The summed E-state index contributed by atoms with van der Waals surface area (Å²) in [5, 5.41) is 3.39. The Morgan fingerprint density at radius 3 is 1.84 bits per heavy atom. The van der Waals surface area contributed by atoms with Crippen molar-refractivity contribution in [2.24, 2.45) is 0 Å². The van der Waals surface area contributed by atoms with E-state index in [9.17, 15) is 8.42 Å². The Balaban J connectivity index is 1.78. The van der Waals surface area contributed by atoms with Crippen molar-refractivity contribution in [1.82, 2.24) is 4.72 Å². The Hall–Kier alpha value is -2.63. The first-order valence-electron chi connectivity index (χ1n) is 8.06. The minimum atomic E-state index is -3.55. The standard InChI is InChI=1S/C20H20N2O2S/c23-25(24,19-14-8-3-9-15-19)21-16-20(17-10-4-1-5-11-17)22-18-12-6-2-7-13-18/h1-15,20-22H,16H2/t20-/m0/s1. The van der Waals surface area contributed by atoms with Crippen molar-refractivity contribution in [2.75, 3.05) is 11.9 Å². The number of para-hydroxylation sites is 1. The summed E-state index contributed by atoms with van der Waals surface area (Å²) < 4.78 is 27.7. The molecule has 2 N–H and O–H groups in total. The maximum absolute atomic E-state index is 12.5. The fourth-order valence-electron chi connectivity index (χ4n) is 2.55. The highest BCUT2D eigenvalue weighted by molar-refractivity contribution is 7.89. The Morgan fingerprint density at radius 2 is 1.24 bits per heavy atom. The van der Waals surface area contributed by atoms with Gasteiger partial charge in [0.05, 0.1) is 10.9 Å². The van der Waals surface area contributed by atoms with Gasteiger partial charge in [0.2, 0.25) is 10.0 Å². The fraction of sp³-hybridized carbons (Fsp3) is 0.100. The summed E-state index contributed by atoms with van der Waals surface area (Å²) in [5.41, 5.74) is 1.96. The molecule has 0 aliphatic carbocycles. The average molecular weight is 352 g/mol. The second-order valence-corrected chi connectivity index (χ2v) is 7.41. The van der Waals surface area contributed by atoms with Gasteiger partial charge < -0.3 is 5.32 Å². The first-order chi connectivity index (χ1) is 12.1. The molecule has 0 aromatic heterocycles. The number of hydrogen-bond acceptors (Lipinski definition) is 3. The lowest BCUT2D eigenvalue weighted by molar-refractivity contribution is 0.576. The molecule has 0 heterocycles. The van der Waals surface area contributed by atoms with Gasteiger partial charge in [-0.1, -0.05) is 66.7 Å². The van der Waals surface area contributed by atoms with Crippen molar-refractivity contribution in [1.29, 1.82) is 0 Å². The average Bonchev–Trinajstić information content (AvgIpc) is 2.67. The minimum Gasteiger partial charge on any atom is -0.377 e. The van der Waals surface area contributed by atoms with E-state index < -0.39 is 10.0 Å². The molecule has 25 heavy (non-hydrogen) atoms. The quantitative estimate of drug-likeness (QED) is 0.680. The molecule has 3 aromatic carbocycles. The third kappa shape index (κ3) is 4.68. The molecule has 0 bridgehead atoms. The van der Waals surface area contributed by atoms with Gasteiger partial charge in [-0.15, -0.1) is 0 Å². The predicted octanol–water partition coefficient (Wildman–Crippen LogP) is 3.82. The van der Waals surface area contributed by atoms with Crippen LogP contribution in [0.25, 0.3) is 0 Å². The molecule has 0 amide bonds. The van der Waals surface area contributed by atoms with Gasteiger partial charge in [-0.05, 0) is 29.8 Å². The lowest BCUT2D eigenvalue weighted by atomic mass is 10.1. The van der Waals surface area contributed by atoms with Crippen molar-refractivity contribution < 1.29 is 8.42 Å². The molecular weight excluding hydrogens is 332 g/mol. The summed E-state index contributed by atoms with van der Waals surface area (Å²) in [6.07, 6.45) is 0. The third-order valence-corrected chi connectivity index (χ3v) is 5.29. The Bertz CT molecular complexity index is 883. The van der Waals surface area contributed by atoms with E-state index in [2.05, 4.69) is 10.0 Å². The SMILES string of the molecule is O=S(=O)(NC[C@H](Nc1ccccc1)c1ccccc1)c1ccccc1. The smallest absolute Gasteiger partial charge is 0.240 e. The molecule has 5 heteroatoms. The van der Waals surface area contributed by atoms with Crippen molar-refractivity contribution in [3.8, 4) is 0 Å². The monoisotopic (exact) mass is 352 g/mol. The molecule has 0 saturated heterocycles. The van der Waals surface area contributed by atoms with E-state index in [0.717, 1.165) is 11.3 Å². The fourth-order valence-corrected chi connectivity index (χ4v) is 3.62. The summed E-state index contributed by atoms with van der Waals surface area (Å²) in [7, 11) is -3.55. The largest absolute Gasteiger partial charge is 0.377 e. The normalized spacial score (nSPS) is 12.5. The lowest BCUT2D eigenvalue weighted by Crippen LogP contribution is -2.31. The number of benzene rings is 3. The van der Waals surface area contributed by atoms with E-state index in [1.807, 2.05) is 60.7 Å². The van der Waals surface area contributed by atoms with E-state index in [0.29, 0.717) is 0 Å². The molecule has 0 aliphatic rings. The molecule has 0 spiro atoms. The van der Waals surface area contributed by atoms with Crippen LogP contribution in [-0.4, -0.2) is 15.0 Å². The zero-order valence-corrected chi connectivity index (χ0v) is 14.5. The third-order valence-electron chi connectivity index (χ3n) is 3.85. The first-order valence-corrected chi connectivity index (χ1v) is 9.55. The van der Waals surface area contributed by atoms with Crippen molar-refractivity contribution in [3.63, 3.8) is 0 Å². The van der Waals surface area contributed by atoms with E-state index in [1.54, 1.807) is 30.3 Å². The van der Waals surface area contributed by atoms with Gasteiger partial charge in [0.1, 0.15) is 0 Å². The molecule has 0 aliphatic heterocycles. The zero-order valence-electron chi connectivity index (χ0n) is 13.7. The molecular formula is C20H20N2O2S. The van der Waals surface area contributed by atoms with Crippen molar-refractivity contribution in [3.05, 3.63) is 96.6 Å². The maximum Gasteiger partial charge on any atom is 0.240 e. The number of anilines is 1. The van der Waals surface area contributed by atoms with Gasteiger partial charge in [0.15, 0.2) is 0 Å². The number of sulfonamides is 1. The molecule has 4 nitrogen and oxygen atoms in total. The molecule has 128 valence electrons. The summed E-state index contributed by atoms with van der Waals surface area (Å²) >= 11 is 0. The van der Waals surface area contributed by atoms with Crippen LogP contribution in [0.1, 0.15) is 11.6 Å². The molecule has 3 rings (SSSR count). The van der Waals surface area contributed by atoms with Crippen LogP contribution >= 0.6 is 0 Å². The van der Waals surface area contributed by atoms with Crippen molar-refractivity contribution in [2.45, 2.75) is 10.9 Å². The molecule has 0 saturated carbocycles. The molecule has 1 atom stereocenters. The highest BCUT2D eigenvalue weighted by Crippen LogP contribution is 2.19. The Labute approximate surface area is 148 Å². The summed E-state index contributed by atoms with van der Waals surface area (Å²) in [4.78, 5) is 0.265. The predicted molar refractivity (Wildman–Crippen MR) is 101 cm³/mol. The van der Waals surface area contributed by atoms with Gasteiger partial charge in [0.25, 0.3) is 0 Å². The summed E-state index contributed by atoms with van der Waals surface area (Å²) in [6, 6.07) is 27.8. The highest BCUT2D eigenvalue weighted by atomic mass is 32.2. The second-order valence-electron chi connectivity index (χ2n) is 5.64. The number of rotatable bonds is 7. The van der Waals surface area contributed by atoms with Crippen LogP contribution in [0.2, 0.25) is 0 Å². The highest BCUT2D eigenvalue weighted by Gasteiger charge is 2.17. The maximum atomic E-state index is 12.5. The number of hydrogen-bond donors (Lipinski definition) is 2. The topological polar surface area (TPSA) is 58.2 Å². The molecule has 0 fully saturated rings. The van der Waals surface area contributed by atoms with Gasteiger partial charge >= 0.3 is 0 Å². The first kappa shape index (κ1) is 17.2. The van der Waals surface area contributed by atoms with Gasteiger partial charge in [-0.2, -0.15) is 0 Å². The van der Waals surface area contributed by atoms with Crippen LogP contribution in [0.15, 0.2) is 95.9 Å². The van der Waals surface area contributed by atoms with Gasteiger partial charge in [-0.3, -0.25) is 0 Å². The van der Waals surface area contributed by atoms with E-state index in [-0.39, 0.29) is 17.5 Å². The molecule has 0 radical (unpaired) electrons. The van der Waals surface area contributed by atoms with Gasteiger partial charge in [0, 0.05) is 12.2 Å². The number of nitrogens with one attached hydrogen (secondary N) is 2. The van der Waals surface area contributed by atoms with Crippen LogP contribution in [0, 0.1) is 0 Å². The van der Waals surface area contributed by atoms with Crippen molar-refractivity contribution >= 4 is 15.7 Å². The van der Waals surface area contributed by atoms with E-state index in [1.165, 1.54) is 0 Å². The lowest BCUT2D eigenvalue weighted by Gasteiger charge is -2.21. The van der Waals surface area contributed by atoms with Crippen LogP contribution in [0.5, 0.6) is 0 Å². The second kappa shape index (κ2) is 7.96. The van der Waals surface area contributed by atoms with Crippen LogP contribution in [-0.2, 0) is 10.0 Å². The van der Waals surface area contributed by atoms with E-state index in [4.69, 9.17) is 0 Å². The molecule has 3 aromatic rings. The van der Waals surface area contributed by atoms with Crippen LogP contribution < -0.4 is 10.0 Å². The van der Waals surface area contributed by atoms with E-state index >= 15 is 0 Å². The Kier molecular flexibility index (Phi) is 5.48. The van der Waals surface area contributed by atoms with Gasteiger partial charge in [-0.25, -0.2) is 13.1 Å².